The van der Waals surface area contributed by atoms with E-state index in [2.05, 4.69) is 10.3 Å². The third-order valence-corrected chi connectivity index (χ3v) is 2.77. The van der Waals surface area contributed by atoms with E-state index in [9.17, 15) is 9.59 Å². The number of benzene rings is 1. The van der Waals surface area contributed by atoms with E-state index < -0.39 is 5.97 Å². The summed E-state index contributed by atoms with van der Waals surface area (Å²) in [6.07, 6.45) is 3.41. The second kappa shape index (κ2) is 7.90. The van der Waals surface area contributed by atoms with Crippen molar-refractivity contribution < 1.29 is 14.4 Å². The van der Waals surface area contributed by atoms with Crippen LogP contribution in [0.4, 0.5) is 5.69 Å². The van der Waals surface area contributed by atoms with Crippen molar-refractivity contribution in [3.8, 4) is 0 Å². The van der Waals surface area contributed by atoms with Gasteiger partial charge in [-0.25, -0.2) is 4.79 Å². The molecule has 0 aliphatic heterocycles. The molecule has 0 fully saturated rings. The molecule has 6 heteroatoms. The highest BCUT2D eigenvalue weighted by Crippen LogP contribution is 2.14. The fraction of sp³-hybridized carbons (Fsp3) is 0.188. The van der Waals surface area contributed by atoms with Gasteiger partial charge in [-0.1, -0.05) is 24.3 Å². The van der Waals surface area contributed by atoms with Crippen LogP contribution in [0, 0.1) is 0 Å². The summed E-state index contributed by atoms with van der Waals surface area (Å²) in [6.45, 7) is 1.80. The minimum Gasteiger partial charge on any atom is -0.333 e. The number of rotatable bonds is 5. The number of para-hydroxylation sites is 1. The third-order valence-electron chi connectivity index (χ3n) is 2.77. The molecule has 1 aromatic heterocycles. The molecule has 2 aromatic rings. The predicted octanol–water partition coefficient (Wildman–Crippen LogP) is 1.68. The monoisotopic (exact) mass is 299 g/mol. The van der Waals surface area contributed by atoms with Crippen LogP contribution in [0.25, 0.3) is 0 Å². The van der Waals surface area contributed by atoms with Crippen LogP contribution < -0.4 is 10.4 Å². The second-order valence-electron chi connectivity index (χ2n) is 4.57. The van der Waals surface area contributed by atoms with Crippen molar-refractivity contribution in [2.75, 3.05) is 11.6 Å². The first-order chi connectivity index (χ1) is 10.7. The van der Waals surface area contributed by atoms with Gasteiger partial charge in [-0.05, 0) is 23.8 Å². The minimum atomic E-state index is -0.551. The van der Waals surface area contributed by atoms with Gasteiger partial charge in [-0.3, -0.25) is 9.78 Å². The average molecular weight is 299 g/mol. The van der Waals surface area contributed by atoms with Crippen LogP contribution in [0.5, 0.6) is 0 Å². The summed E-state index contributed by atoms with van der Waals surface area (Å²) >= 11 is 0. The van der Waals surface area contributed by atoms with E-state index in [0.29, 0.717) is 12.2 Å². The second-order valence-corrected chi connectivity index (χ2v) is 4.57. The van der Waals surface area contributed by atoms with Gasteiger partial charge in [-0.2, -0.15) is 0 Å². The highest BCUT2D eigenvalue weighted by atomic mass is 16.7. The largest absolute Gasteiger partial charge is 0.333 e. The highest BCUT2D eigenvalue weighted by Gasteiger charge is 2.18. The predicted molar refractivity (Wildman–Crippen MR) is 81.6 cm³/mol. The van der Waals surface area contributed by atoms with E-state index in [0.717, 1.165) is 10.6 Å². The Hall–Kier alpha value is -2.73. The first-order valence-electron chi connectivity index (χ1n) is 6.83. The molecule has 2 rings (SSSR count). The van der Waals surface area contributed by atoms with Crippen molar-refractivity contribution in [1.29, 1.82) is 0 Å². The molecule has 0 aliphatic carbocycles. The lowest BCUT2D eigenvalue weighted by atomic mass is 10.3. The van der Waals surface area contributed by atoms with Crippen LogP contribution in [-0.4, -0.2) is 23.4 Å². The zero-order valence-corrected chi connectivity index (χ0v) is 12.2. The number of hydrogen-bond donors (Lipinski definition) is 1. The Bertz CT molecular complexity index is 617. The molecule has 0 aliphatic rings. The van der Waals surface area contributed by atoms with E-state index in [-0.39, 0.29) is 12.5 Å². The molecule has 0 atom stereocenters. The third kappa shape index (κ3) is 4.68. The van der Waals surface area contributed by atoms with Gasteiger partial charge >= 0.3 is 5.97 Å². The molecule has 0 saturated heterocycles. The van der Waals surface area contributed by atoms with Crippen LogP contribution in [0.15, 0.2) is 54.9 Å². The molecule has 1 heterocycles. The fourth-order valence-electron chi connectivity index (χ4n) is 1.83. The van der Waals surface area contributed by atoms with Crippen molar-refractivity contribution >= 4 is 17.6 Å². The first kappa shape index (κ1) is 15.7. The summed E-state index contributed by atoms with van der Waals surface area (Å²) in [4.78, 5) is 32.4. The van der Waals surface area contributed by atoms with E-state index >= 15 is 0 Å². The van der Waals surface area contributed by atoms with Gasteiger partial charge < -0.3 is 10.2 Å². The van der Waals surface area contributed by atoms with Crippen molar-refractivity contribution in [2.24, 2.45) is 0 Å². The molecule has 0 saturated carbocycles. The zero-order chi connectivity index (χ0) is 15.8. The van der Waals surface area contributed by atoms with Gasteiger partial charge in [0, 0.05) is 25.9 Å². The molecule has 6 nitrogen and oxygen atoms in total. The first-order valence-corrected chi connectivity index (χ1v) is 6.83. The number of hydrogen-bond acceptors (Lipinski definition) is 5. The van der Waals surface area contributed by atoms with Crippen molar-refractivity contribution in [1.82, 2.24) is 10.3 Å². The number of carbonyl (C=O) groups is 2. The quantitative estimate of drug-likeness (QED) is 0.851. The van der Waals surface area contributed by atoms with Crippen molar-refractivity contribution in [3.05, 3.63) is 60.4 Å². The summed E-state index contributed by atoms with van der Waals surface area (Å²) in [5.41, 5.74) is 1.47. The van der Waals surface area contributed by atoms with E-state index in [1.807, 2.05) is 18.2 Å². The number of carbonyl (C=O) groups excluding carboxylic acids is 2. The van der Waals surface area contributed by atoms with E-state index in [4.69, 9.17) is 4.84 Å². The minimum absolute atomic E-state index is 0.0388. The maximum atomic E-state index is 12.2. The molecule has 0 bridgehead atoms. The Morgan fingerprint density at radius 3 is 2.59 bits per heavy atom. The molecule has 22 heavy (non-hydrogen) atoms. The number of nitrogens with one attached hydrogen (secondary N) is 1. The van der Waals surface area contributed by atoms with Gasteiger partial charge in [0.15, 0.2) is 0 Å². The molecule has 0 unspecified atom stereocenters. The Labute approximate surface area is 128 Å². The molecule has 114 valence electrons. The van der Waals surface area contributed by atoms with Gasteiger partial charge in [0.1, 0.15) is 0 Å². The van der Waals surface area contributed by atoms with Crippen LogP contribution >= 0.6 is 0 Å². The average Bonchev–Trinajstić information content (AvgIpc) is 2.54. The number of anilines is 1. The highest BCUT2D eigenvalue weighted by molar-refractivity contribution is 5.94. The van der Waals surface area contributed by atoms with Crippen LogP contribution in [0.3, 0.4) is 0 Å². The molecule has 0 spiro atoms. The van der Waals surface area contributed by atoms with Crippen molar-refractivity contribution in [3.63, 3.8) is 0 Å². The van der Waals surface area contributed by atoms with E-state index in [1.54, 1.807) is 36.7 Å². The molecule has 1 N–H and O–H groups in total. The number of hydroxylamine groups is 1. The summed E-state index contributed by atoms with van der Waals surface area (Å²) in [5.74, 6) is -0.908. The van der Waals surface area contributed by atoms with Gasteiger partial charge in [-0.15, -0.1) is 5.06 Å². The van der Waals surface area contributed by atoms with Crippen LogP contribution in [0.1, 0.15) is 12.5 Å². The molecule has 1 aromatic carbocycles. The van der Waals surface area contributed by atoms with Crippen molar-refractivity contribution in [2.45, 2.75) is 13.5 Å². The van der Waals surface area contributed by atoms with Gasteiger partial charge in [0.25, 0.3) is 5.91 Å². The molecule has 0 radical (unpaired) electrons. The van der Waals surface area contributed by atoms with Gasteiger partial charge in [0.05, 0.1) is 12.2 Å². The smallest absolute Gasteiger partial charge is 0.330 e. The zero-order valence-electron chi connectivity index (χ0n) is 12.2. The summed E-state index contributed by atoms with van der Waals surface area (Å²) in [5, 5.41) is 4.00. The molecular weight excluding hydrogens is 282 g/mol. The number of pyridine rings is 1. The Morgan fingerprint density at radius 1 is 1.18 bits per heavy atom. The number of nitrogens with zero attached hydrogens (tertiary/aromatic N) is 2. The SMILES string of the molecule is CC(=O)ON(C(=O)CNCc1cccnc1)c1ccccc1. The Balaban J connectivity index is 1.96. The molecular formula is C16H17N3O3. The normalized spacial score (nSPS) is 10.0. The van der Waals surface area contributed by atoms with Gasteiger partial charge in [0.2, 0.25) is 0 Å². The summed E-state index contributed by atoms with van der Waals surface area (Å²) in [6, 6.07) is 12.5. The van der Waals surface area contributed by atoms with E-state index in [1.165, 1.54) is 6.92 Å². The Morgan fingerprint density at radius 2 is 1.95 bits per heavy atom. The Kier molecular flexibility index (Phi) is 5.62. The maximum Gasteiger partial charge on any atom is 0.330 e. The number of aromatic nitrogens is 1. The van der Waals surface area contributed by atoms with Crippen LogP contribution in [0.2, 0.25) is 0 Å². The maximum absolute atomic E-state index is 12.2. The lowest BCUT2D eigenvalue weighted by Gasteiger charge is -2.20. The summed E-state index contributed by atoms with van der Waals surface area (Å²) < 4.78 is 0. The number of amides is 1. The molecule has 1 amide bonds. The standard InChI is InChI=1S/C16H17N3O3/c1-13(20)22-19(15-7-3-2-4-8-15)16(21)12-18-11-14-6-5-9-17-10-14/h2-10,18H,11-12H2,1H3. The van der Waals surface area contributed by atoms with Crippen LogP contribution in [-0.2, 0) is 21.0 Å². The lowest BCUT2D eigenvalue weighted by molar-refractivity contribution is -0.148. The topological polar surface area (TPSA) is 71.5 Å². The summed E-state index contributed by atoms with van der Waals surface area (Å²) in [7, 11) is 0. The fourth-order valence-corrected chi connectivity index (χ4v) is 1.83. The lowest BCUT2D eigenvalue weighted by Crippen LogP contribution is -2.39.